The maximum Gasteiger partial charge on any atom is 0.387 e. The van der Waals surface area contributed by atoms with E-state index in [0.29, 0.717) is 0 Å². The number of alkyl halides is 2. The van der Waals surface area contributed by atoms with Crippen molar-refractivity contribution in [1.82, 2.24) is 5.32 Å². The number of benzene rings is 1. The third kappa shape index (κ3) is 5.43. The number of carbonyl (C=O) groups is 3. The molecule has 114 valence electrons. The zero-order valence-corrected chi connectivity index (χ0v) is 10.5. The molecular weight excluding hydrogens is 292 g/mol. The Kier molecular flexibility index (Phi) is 5.58. The number of rotatable bonds is 7. The van der Waals surface area contributed by atoms with Gasteiger partial charge in [-0.05, 0) is 18.2 Å². The zero-order chi connectivity index (χ0) is 16.0. The van der Waals surface area contributed by atoms with Gasteiger partial charge in [0.15, 0.2) is 0 Å². The van der Waals surface area contributed by atoms with Crippen molar-refractivity contribution >= 4 is 17.8 Å². The van der Waals surface area contributed by atoms with Gasteiger partial charge in [-0.2, -0.15) is 8.78 Å². The van der Waals surface area contributed by atoms with E-state index in [-0.39, 0.29) is 11.3 Å². The molecule has 0 aromatic heterocycles. The van der Waals surface area contributed by atoms with E-state index in [1.54, 1.807) is 0 Å². The lowest BCUT2D eigenvalue weighted by Crippen LogP contribution is -2.42. The first-order valence-electron chi connectivity index (χ1n) is 5.60. The molecule has 3 N–H and O–H groups in total. The molecule has 9 heteroatoms. The van der Waals surface area contributed by atoms with Gasteiger partial charge >= 0.3 is 18.6 Å². The number of nitrogens with one attached hydrogen (secondary N) is 1. The molecular formula is C12H11F2NO6. The van der Waals surface area contributed by atoms with Crippen LogP contribution in [-0.2, 0) is 9.59 Å². The summed E-state index contributed by atoms with van der Waals surface area (Å²) < 4.78 is 28.2. The number of amides is 1. The zero-order valence-electron chi connectivity index (χ0n) is 10.5. The van der Waals surface area contributed by atoms with Gasteiger partial charge < -0.3 is 20.3 Å². The fourth-order valence-electron chi connectivity index (χ4n) is 1.43. The first-order chi connectivity index (χ1) is 9.79. The summed E-state index contributed by atoms with van der Waals surface area (Å²) in [6, 6.07) is 3.05. The highest BCUT2D eigenvalue weighted by Gasteiger charge is 2.23. The maximum absolute atomic E-state index is 12.0. The molecule has 0 heterocycles. The highest BCUT2D eigenvalue weighted by atomic mass is 19.3. The molecule has 7 nitrogen and oxygen atoms in total. The predicted molar refractivity (Wildman–Crippen MR) is 64.2 cm³/mol. The van der Waals surface area contributed by atoms with Crippen LogP contribution in [0, 0.1) is 0 Å². The highest BCUT2D eigenvalue weighted by Crippen LogP contribution is 2.16. The summed E-state index contributed by atoms with van der Waals surface area (Å²) in [6.45, 7) is -3.07. The lowest BCUT2D eigenvalue weighted by atomic mass is 10.1. The van der Waals surface area contributed by atoms with Gasteiger partial charge in [-0.3, -0.25) is 9.59 Å². The van der Waals surface area contributed by atoms with Crippen LogP contribution in [0.25, 0.3) is 0 Å². The van der Waals surface area contributed by atoms with Gasteiger partial charge in [0.2, 0.25) is 0 Å². The number of halogens is 2. The minimum Gasteiger partial charge on any atom is -0.481 e. The van der Waals surface area contributed by atoms with Crippen LogP contribution in [0.3, 0.4) is 0 Å². The van der Waals surface area contributed by atoms with Gasteiger partial charge in [-0.1, -0.05) is 6.07 Å². The molecule has 1 rings (SSSR count). The van der Waals surface area contributed by atoms with E-state index in [0.717, 1.165) is 6.07 Å². The highest BCUT2D eigenvalue weighted by molar-refractivity contribution is 5.97. The van der Waals surface area contributed by atoms with Crippen molar-refractivity contribution in [3.63, 3.8) is 0 Å². The first kappa shape index (κ1) is 16.3. The normalized spacial score (nSPS) is 11.8. The van der Waals surface area contributed by atoms with Crippen molar-refractivity contribution in [3.8, 4) is 5.75 Å². The average Bonchev–Trinajstić information content (AvgIpc) is 2.36. The molecule has 0 radical (unpaired) electrons. The average molecular weight is 303 g/mol. The quantitative estimate of drug-likeness (QED) is 0.691. The Morgan fingerprint density at radius 3 is 2.43 bits per heavy atom. The standard InChI is InChI=1S/C12H11F2NO6/c13-12(14)21-7-3-1-2-6(4-7)10(18)15-8(11(19)20)5-9(16)17/h1-4,8,12H,5H2,(H,15,18)(H,16,17)(H,19,20). The summed E-state index contributed by atoms with van der Waals surface area (Å²) >= 11 is 0. The Hall–Kier alpha value is -2.71. The summed E-state index contributed by atoms with van der Waals surface area (Å²) in [5, 5.41) is 19.3. The van der Waals surface area contributed by atoms with Gasteiger partial charge in [-0.25, -0.2) is 4.79 Å². The van der Waals surface area contributed by atoms with Crippen LogP contribution in [-0.4, -0.2) is 40.7 Å². The van der Waals surface area contributed by atoms with E-state index in [1.807, 2.05) is 5.32 Å². The summed E-state index contributed by atoms with van der Waals surface area (Å²) in [7, 11) is 0. The van der Waals surface area contributed by atoms with Crippen LogP contribution < -0.4 is 10.1 Å². The van der Waals surface area contributed by atoms with Crippen LogP contribution in [0.1, 0.15) is 16.8 Å². The third-order valence-corrected chi connectivity index (χ3v) is 2.30. The van der Waals surface area contributed by atoms with Gasteiger partial charge in [0.25, 0.3) is 5.91 Å². The van der Waals surface area contributed by atoms with E-state index in [2.05, 4.69) is 4.74 Å². The van der Waals surface area contributed by atoms with E-state index in [1.165, 1.54) is 18.2 Å². The number of carboxylic acid groups (broad SMARTS) is 2. The number of hydrogen-bond donors (Lipinski definition) is 3. The second kappa shape index (κ2) is 7.17. The third-order valence-electron chi connectivity index (χ3n) is 2.30. The van der Waals surface area contributed by atoms with Crippen molar-refractivity contribution in [2.45, 2.75) is 19.1 Å². The minimum atomic E-state index is -3.07. The topological polar surface area (TPSA) is 113 Å². The van der Waals surface area contributed by atoms with Crippen molar-refractivity contribution in [2.75, 3.05) is 0 Å². The Labute approximate surface area is 117 Å². The van der Waals surface area contributed by atoms with E-state index in [4.69, 9.17) is 10.2 Å². The fraction of sp³-hybridized carbons (Fsp3) is 0.250. The van der Waals surface area contributed by atoms with E-state index in [9.17, 15) is 23.2 Å². The Morgan fingerprint density at radius 2 is 1.90 bits per heavy atom. The van der Waals surface area contributed by atoms with Crippen LogP contribution in [0.2, 0.25) is 0 Å². The van der Waals surface area contributed by atoms with E-state index < -0.39 is 36.9 Å². The summed E-state index contributed by atoms with van der Waals surface area (Å²) in [5.74, 6) is -4.12. The molecule has 0 saturated carbocycles. The van der Waals surface area contributed by atoms with Crippen molar-refractivity contribution in [3.05, 3.63) is 29.8 Å². The second-order valence-corrected chi connectivity index (χ2v) is 3.87. The Balaban J connectivity index is 2.82. The largest absolute Gasteiger partial charge is 0.481 e. The van der Waals surface area contributed by atoms with Crippen LogP contribution in [0.5, 0.6) is 5.75 Å². The lowest BCUT2D eigenvalue weighted by Gasteiger charge is -2.13. The molecule has 0 fully saturated rings. The minimum absolute atomic E-state index is 0.134. The number of carbonyl (C=O) groups excluding carboxylic acids is 1. The van der Waals surface area contributed by atoms with Crippen LogP contribution in [0.4, 0.5) is 8.78 Å². The van der Waals surface area contributed by atoms with Gasteiger partial charge in [-0.15, -0.1) is 0 Å². The van der Waals surface area contributed by atoms with Gasteiger partial charge in [0, 0.05) is 5.56 Å². The molecule has 0 aliphatic heterocycles. The summed E-state index contributed by atoms with van der Waals surface area (Å²) in [4.78, 5) is 33.1. The lowest BCUT2D eigenvalue weighted by molar-refractivity contribution is -0.145. The SMILES string of the molecule is O=C(O)CC(NC(=O)c1cccc(OC(F)F)c1)C(=O)O. The molecule has 1 aromatic carbocycles. The fourth-order valence-corrected chi connectivity index (χ4v) is 1.43. The molecule has 21 heavy (non-hydrogen) atoms. The van der Waals surface area contributed by atoms with Crippen LogP contribution in [0.15, 0.2) is 24.3 Å². The number of carboxylic acids is 2. The molecule has 0 bridgehead atoms. The Morgan fingerprint density at radius 1 is 1.24 bits per heavy atom. The van der Waals surface area contributed by atoms with Gasteiger partial charge in [0.1, 0.15) is 11.8 Å². The summed E-state index contributed by atoms with van der Waals surface area (Å²) in [6.07, 6.45) is -0.811. The first-order valence-corrected chi connectivity index (χ1v) is 5.60. The Bertz CT molecular complexity index is 548. The van der Waals surface area contributed by atoms with Crippen LogP contribution >= 0.6 is 0 Å². The second-order valence-electron chi connectivity index (χ2n) is 3.87. The molecule has 1 amide bonds. The van der Waals surface area contributed by atoms with Gasteiger partial charge in [0.05, 0.1) is 6.42 Å². The number of aliphatic carboxylic acids is 2. The number of hydrogen-bond acceptors (Lipinski definition) is 4. The van der Waals surface area contributed by atoms with Crippen molar-refractivity contribution < 1.29 is 38.1 Å². The molecule has 0 saturated heterocycles. The molecule has 1 atom stereocenters. The van der Waals surface area contributed by atoms with Crippen molar-refractivity contribution in [1.29, 1.82) is 0 Å². The number of ether oxygens (including phenoxy) is 1. The molecule has 0 spiro atoms. The maximum atomic E-state index is 12.0. The smallest absolute Gasteiger partial charge is 0.387 e. The van der Waals surface area contributed by atoms with E-state index >= 15 is 0 Å². The summed E-state index contributed by atoms with van der Waals surface area (Å²) in [5.41, 5.74) is -0.134. The predicted octanol–water partition coefficient (Wildman–Crippen LogP) is 0.946. The molecule has 0 aliphatic carbocycles. The van der Waals surface area contributed by atoms with Crippen molar-refractivity contribution in [2.24, 2.45) is 0 Å². The molecule has 1 aromatic rings. The molecule has 1 unspecified atom stereocenters. The molecule has 0 aliphatic rings. The monoisotopic (exact) mass is 303 g/mol.